The number of hydrazone groups is 1. The molecule has 0 bridgehead atoms. The van der Waals surface area contributed by atoms with E-state index in [1.54, 1.807) is 0 Å². The second-order valence-electron chi connectivity index (χ2n) is 9.72. The van der Waals surface area contributed by atoms with E-state index < -0.39 is 35.0 Å². The van der Waals surface area contributed by atoms with Crippen molar-refractivity contribution in [2.24, 2.45) is 10.5 Å². The van der Waals surface area contributed by atoms with Crippen LogP contribution >= 0.6 is 0 Å². The Morgan fingerprint density at radius 1 is 1.05 bits per heavy atom. The molecule has 0 radical (unpaired) electrons. The van der Waals surface area contributed by atoms with Crippen LogP contribution in [0.2, 0.25) is 0 Å². The molecule has 4 rings (SSSR count). The topological polar surface area (TPSA) is 232 Å². The monoisotopic (exact) mass is 753 g/mol. The molecule has 16 heteroatoms. The van der Waals surface area contributed by atoms with Crippen molar-refractivity contribution in [3.05, 3.63) is 47.5 Å². The van der Waals surface area contributed by atoms with E-state index in [2.05, 4.69) is 15.5 Å². The number of carboxylic acid groups (broad SMARTS) is 2. The Hall–Kier alpha value is -3.36. The minimum Gasteiger partial charge on any atom is -0.675 e. The predicted octanol–water partition coefficient (Wildman–Crippen LogP) is 1.91. The van der Waals surface area contributed by atoms with Crippen molar-refractivity contribution < 1.29 is 64.7 Å². The van der Waals surface area contributed by atoms with Gasteiger partial charge in [-0.3, -0.25) is 34.3 Å². The van der Waals surface area contributed by atoms with Gasteiger partial charge in [0.2, 0.25) is 0 Å². The maximum atomic E-state index is 12.2. The van der Waals surface area contributed by atoms with E-state index >= 15 is 0 Å². The molecule has 2 aliphatic heterocycles. The summed E-state index contributed by atoms with van der Waals surface area (Å²) in [5.41, 5.74) is 15.7. The number of carbonyl (C=O) groups is 5. The fourth-order valence-electron chi connectivity index (χ4n) is 4.14. The van der Waals surface area contributed by atoms with Gasteiger partial charge in [0, 0.05) is 55.4 Å². The van der Waals surface area contributed by atoms with Crippen molar-refractivity contribution in [1.82, 2.24) is 9.88 Å². The second-order valence-corrected chi connectivity index (χ2v) is 9.72. The van der Waals surface area contributed by atoms with Crippen molar-refractivity contribution in [3.63, 3.8) is 0 Å². The zero-order valence-electron chi connectivity index (χ0n) is 22.2. The number of carbonyl (C=O) groups excluding carboxylic acids is 3. The van der Waals surface area contributed by atoms with Gasteiger partial charge in [0.25, 0.3) is 11.8 Å². The number of ether oxygens (including phenoxy) is 2. The summed E-state index contributed by atoms with van der Waals surface area (Å²) in [4.78, 5) is 62.3. The molecule has 1 saturated heterocycles. The van der Waals surface area contributed by atoms with E-state index in [1.165, 1.54) is 18.3 Å². The van der Waals surface area contributed by atoms with Gasteiger partial charge in [0.05, 0.1) is 12.2 Å². The first-order valence-corrected chi connectivity index (χ1v) is 12.3. The van der Waals surface area contributed by atoms with E-state index in [4.69, 9.17) is 31.2 Å². The predicted molar refractivity (Wildman–Crippen MR) is 139 cm³/mol. The van der Waals surface area contributed by atoms with Crippen molar-refractivity contribution in [2.45, 2.75) is 51.1 Å². The van der Waals surface area contributed by atoms with Crippen LogP contribution in [0.15, 0.2) is 35.6 Å². The van der Waals surface area contributed by atoms with E-state index in [9.17, 15) is 24.0 Å². The van der Waals surface area contributed by atoms with Crippen LogP contribution in [0, 0.1) is 5.41 Å². The SMILES string of the molecule is CC1(C)O[C@H](C[NH-])[C@@H](C[NH-])O1.O=C(CCN1C(=O)C=CC1=O)c1ccc(NN=C2CC(C(=O)O)(C(=O)O)C2)nc1.[Pt+2]. The molecular weight excluding hydrogens is 723 g/mol. The zero-order valence-corrected chi connectivity index (χ0v) is 24.5. The molecule has 0 spiro atoms. The number of hydrogen-bond donors (Lipinski definition) is 3. The smallest absolute Gasteiger partial charge is 0.675 e. The Morgan fingerprint density at radius 2 is 1.59 bits per heavy atom. The number of nitrogens with zero attached hydrogens (tertiary/aromatic N) is 3. The van der Waals surface area contributed by atoms with Gasteiger partial charge in [-0.05, 0) is 26.0 Å². The molecule has 0 aromatic carbocycles. The molecule has 1 aliphatic carbocycles. The molecule has 2 fully saturated rings. The standard InChI is InChI=1S/C18H16N4O7.C7H14N2O2.Pt/c23-12(5-6-22-14(24)3-4-15(22)25)10-1-2-13(19-9-10)21-20-11-7-18(8-11,16(26)27)17(28)29;1-7(2)10-5(3-8)6(4-9)11-7;/h1-4,9H,5-8H2,(H,19,21)(H,26,27)(H,28,29);5-6,8-9H,3-4H2,1-2H3;/q;-2;+2/t;5-,6-;/m.1./s1. The molecule has 224 valence electrons. The Bertz CT molecular complexity index is 1180. The normalized spacial score (nSPS) is 21.8. The van der Waals surface area contributed by atoms with Gasteiger partial charge in [-0.25, -0.2) is 4.98 Å². The average molecular weight is 754 g/mol. The van der Waals surface area contributed by atoms with Crippen LogP contribution < -0.4 is 5.43 Å². The number of aliphatic carboxylic acids is 2. The molecule has 41 heavy (non-hydrogen) atoms. The number of aromatic nitrogens is 1. The van der Waals surface area contributed by atoms with E-state index in [1.807, 2.05) is 13.8 Å². The number of ketones is 1. The second kappa shape index (κ2) is 14.0. The molecule has 2 amide bonds. The number of amides is 2. The van der Waals surface area contributed by atoms with E-state index in [0.717, 1.165) is 17.1 Å². The van der Waals surface area contributed by atoms with Crippen LogP contribution in [0.5, 0.6) is 0 Å². The quantitative estimate of drug-likeness (QED) is 0.135. The van der Waals surface area contributed by atoms with Crippen LogP contribution in [-0.2, 0) is 49.7 Å². The third-order valence-corrected chi connectivity index (χ3v) is 6.39. The Balaban J connectivity index is 0.000000413. The van der Waals surface area contributed by atoms with Crippen molar-refractivity contribution in [3.8, 4) is 0 Å². The van der Waals surface area contributed by atoms with Gasteiger partial charge in [-0.1, -0.05) is 0 Å². The van der Waals surface area contributed by atoms with Crippen LogP contribution in [0.3, 0.4) is 0 Å². The molecule has 5 N–H and O–H groups in total. The maximum absolute atomic E-state index is 12.2. The van der Waals surface area contributed by atoms with Gasteiger partial charge >= 0.3 is 33.0 Å². The number of nitrogens with one attached hydrogen (secondary N) is 3. The van der Waals surface area contributed by atoms with Crippen molar-refractivity contribution in [1.29, 1.82) is 0 Å². The number of anilines is 1. The Kier molecular flexibility index (Phi) is 11.6. The van der Waals surface area contributed by atoms with Crippen molar-refractivity contribution >= 4 is 41.1 Å². The fourth-order valence-corrected chi connectivity index (χ4v) is 4.14. The summed E-state index contributed by atoms with van der Waals surface area (Å²) < 4.78 is 10.7. The van der Waals surface area contributed by atoms with Gasteiger partial charge in [-0.2, -0.15) is 5.10 Å². The third kappa shape index (κ3) is 8.11. The number of carboxylic acids is 2. The number of imide groups is 1. The van der Waals surface area contributed by atoms with Crippen LogP contribution in [0.1, 0.15) is 43.5 Å². The minimum atomic E-state index is -1.84. The van der Waals surface area contributed by atoms with Crippen LogP contribution in [0.4, 0.5) is 5.82 Å². The molecule has 3 aliphatic rings. The molecule has 1 aromatic rings. The molecule has 15 nitrogen and oxygen atoms in total. The summed E-state index contributed by atoms with van der Waals surface area (Å²) in [5, 5.41) is 22.0. The average Bonchev–Trinajstić information content (AvgIpc) is 3.38. The maximum Gasteiger partial charge on any atom is 2.00 e. The molecule has 1 saturated carbocycles. The fraction of sp³-hybridized carbons (Fsp3) is 0.480. The number of Topliss-reactive ketones (excluding diaryl/α,β-unsaturated/α-hetero) is 1. The first kappa shape index (κ1) is 33.8. The zero-order chi connectivity index (χ0) is 29.7. The molecule has 0 unspecified atom stereocenters. The van der Waals surface area contributed by atoms with Gasteiger partial charge in [0.1, 0.15) is 5.82 Å². The number of hydrogen-bond acceptors (Lipinski definition) is 10. The Labute approximate surface area is 249 Å². The largest absolute Gasteiger partial charge is 2.00 e. The first-order valence-electron chi connectivity index (χ1n) is 12.3. The van der Waals surface area contributed by atoms with Crippen LogP contribution in [0.25, 0.3) is 11.5 Å². The molecule has 1 aromatic heterocycles. The molecule has 3 heterocycles. The summed E-state index contributed by atoms with van der Waals surface area (Å²) in [6.07, 6.45) is 2.71. The van der Waals surface area contributed by atoms with Gasteiger partial charge in [0.15, 0.2) is 17.0 Å². The summed E-state index contributed by atoms with van der Waals surface area (Å²) in [5.74, 6) is -4.33. The minimum absolute atomic E-state index is 0. The van der Waals surface area contributed by atoms with Gasteiger partial charge < -0.3 is 31.2 Å². The summed E-state index contributed by atoms with van der Waals surface area (Å²) >= 11 is 0. The van der Waals surface area contributed by atoms with Gasteiger partial charge in [-0.15, -0.1) is 13.1 Å². The van der Waals surface area contributed by atoms with Crippen LogP contribution in [-0.4, -0.2) is 93.0 Å². The Morgan fingerprint density at radius 3 is 2.02 bits per heavy atom. The third-order valence-electron chi connectivity index (χ3n) is 6.39. The van der Waals surface area contributed by atoms with E-state index in [0.29, 0.717) is 5.71 Å². The first-order chi connectivity index (χ1) is 18.8. The molecule has 2 atom stereocenters. The summed E-state index contributed by atoms with van der Waals surface area (Å²) in [7, 11) is 0. The summed E-state index contributed by atoms with van der Waals surface area (Å²) in [6, 6.07) is 2.97. The number of pyridine rings is 1. The number of rotatable bonds is 10. The van der Waals surface area contributed by atoms with Crippen molar-refractivity contribution in [2.75, 3.05) is 25.1 Å². The summed E-state index contributed by atoms with van der Waals surface area (Å²) in [6.45, 7) is 3.95. The van der Waals surface area contributed by atoms with E-state index in [-0.39, 0.29) is 89.3 Å². The molecular formula is C25H30N6O9Pt.